The number of hydrogen-bond donors (Lipinski definition) is 1. The second kappa shape index (κ2) is 6.82. The molecule has 1 aliphatic heterocycles. The fraction of sp³-hybridized carbons (Fsp3) is 0.462. The molecular weight excluding hydrogens is 303 g/mol. The van der Waals surface area contributed by atoms with Crippen LogP contribution in [0.15, 0.2) is 17.3 Å². The van der Waals surface area contributed by atoms with Gasteiger partial charge in [0, 0.05) is 24.1 Å². The van der Waals surface area contributed by atoms with Gasteiger partial charge in [0.2, 0.25) is 5.82 Å². The predicted molar refractivity (Wildman–Crippen MR) is 77.1 cm³/mol. The Morgan fingerprint density at radius 3 is 2.67 bits per heavy atom. The van der Waals surface area contributed by atoms with Crippen LogP contribution in [0.4, 0.5) is 10.1 Å². The lowest BCUT2D eigenvalue weighted by Gasteiger charge is -2.17. The fourth-order valence-corrected chi connectivity index (χ4v) is 1.97. The fourth-order valence-electron chi connectivity index (χ4n) is 1.71. The van der Waals surface area contributed by atoms with E-state index in [1.54, 1.807) is 6.92 Å². The third-order valence-corrected chi connectivity index (χ3v) is 3.11. The summed E-state index contributed by atoms with van der Waals surface area (Å²) in [5.74, 6) is -1.01. The van der Waals surface area contributed by atoms with Crippen LogP contribution in [0, 0.1) is 15.9 Å². The molecule has 21 heavy (non-hydrogen) atoms. The Balaban J connectivity index is 0.00000106. The van der Waals surface area contributed by atoms with Gasteiger partial charge < -0.3 is 9.94 Å². The third kappa shape index (κ3) is 3.68. The van der Waals surface area contributed by atoms with Crippen molar-refractivity contribution in [1.29, 1.82) is 0 Å². The number of aliphatic hydroxyl groups is 1. The maximum Gasteiger partial charge on any atom is 0.305 e. The molecule has 0 amide bonds. The van der Waals surface area contributed by atoms with E-state index >= 15 is 0 Å². The van der Waals surface area contributed by atoms with Gasteiger partial charge in [-0.3, -0.25) is 10.1 Å². The molecule has 1 atom stereocenters. The maximum absolute atomic E-state index is 13.3. The molecule has 0 saturated heterocycles. The molecule has 2 rings (SSSR count). The SMILES string of the molecule is CC.CC1(CO)CC(c2cc([N+](=O)[O-])c(F)cc2Cl)=NO1. The zero-order valence-corrected chi connectivity index (χ0v) is 12.6. The van der Waals surface area contributed by atoms with Crippen molar-refractivity contribution >= 4 is 23.0 Å². The highest BCUT2D eigenvalue weighted by Gasteiger charge is 2.35. The molecule has 8 heteroatoms. The van der Waals surface area contributed by atoms with E-state index in [-0.39, 0.29) is 23.6 Å². The molecule has 0 radical (unpaired) electrons. The highest BCUT2D eigenvalue weighted by molar-refractivity contribution is 6.34. The highest BCUT2D eigenvalue weighted by Crippen LogP contribution is 2.32. The molecule has 0 bridgehead atoms. The second-order valence-electron chi connectivity index (χ2n) is 4.45. The zero-order valence-electron chi connectivity index (χ0n) is 11.9. The summed E-state index contributed by atoms with van der Waals surface area (Å²) in [6.07, 6.45) is 0.228. The van der Waals surface area contributed by atoms with Crippen molar-refractivity contribution in [2.45, 2.75) is 32.8 Å². The van der Waals surface area contributed by atoms with Gasteiger partial charge >= 0.3 is 5.69 Å². The zero-order chi connectivity index (χ0) is 16.2. The van der Waals surface area contributed by atoms with E-state index in [0.717, 1.165) is 12.1 Å². The lowest BCUT2D eigenvalue weighted by Crippen LogP contribution is -2.29. The number of nitrogens with zero attached hydrogens (tertiary/aromatic N) is 2. The van der Waals surface area contributed by atoms with Crippen LogP contribution in [0.25, 0.3) is 0 Å². The molecule has 1 aromatic carbocycles. The Morgan fingerprint density at radius 2 is 2.19 bits per heavy atom. The number of nitro benzene ring substituents is 1. The van der Waals surface area contributed by atoms with E-state index in [1.165, 1.54) is 0 Å². The van der Waals surface area contributed by atoms with Crippen LogP contribution < -0.4 is 0 Å². The minimum atomic E-state index is -1.01. The molecule has 0 fully saturated rings. The molecule has 6 nitrogen and oxygen atoms in total. The third-order valence-electron chi connectivity index (χ3n) is 2.80. The summed E-state index contributed by atoms with van der Waals surface area (Å²) in [6.45, 7) is 5.37. The molecule has 1 aromatic rings. The van der Waals surface area contributed by atoms with Gasteiger partial charge in [-0.25, -0.2) is 0 Å². The first-order chi connectivity index (χ1) is 9.86. The highest BCUT2D eigenvalue weighted by atomic mass is 35.5. The van der Waals surface area contributed by atoms with Crippen LogP contribution >= 0.6 is 11.6 Å². The molecule has 0 aliphatic carbocycles. The van der Waals surface area contributed by atoms with E-state index in [2.05, 4.69) is 5.16 Å². The summed E-state index contributed by atoms with van der Waals surface area (Å²) in [6, 6.07) is 1.88. The predicted octanol–water partition coefficient (Wildman–Crippen LogP) is 3.29. The number of rotatable bonds is 3. The summed E-state index contributed by atoms with van der Waals surface area (Å²) in [7, 11) is 0. The smallest absolute Gasteiger partial charge is 0.305 e. The molecule has 1 N–H and O–H groups in total. The molecule has 0 spiro atoms. The monoisotopic (exact) mass is 318 g/mol. The maximum atomic E-state index is 13.3. The minimum Gasteiger partial charge on any atom is -0.392 e. The summed E-state index contributed by atoms with van der Waals surface area (Å²) < 4.78 is 13.3. The molecule has 0 aromatic heterocycles. The van der Waals surface area contributed by atoms with Crippen molar-refractivity contribution in [2.24, 2.45) is 5.16 Å². The van der Waals surface area contributed by atoms with Gasteiger partial charge in [0.05, 0.1) is 22.3 Å². The van der Waals surface area contributed by atoms with Gasteiger partial charge in [0.25, 0.3) is 0 Å². The van der Waals surface area contributed by atoms with Gasteiger partial charge in [-0.1, -0.05) is 30.6 Å². The molecule has 0 saturated carbocycles. The number of oxime groups is 1. The molecular formula is C13H16ClFN2O4. The average Bonchev–Trinajstić information content (AvgIpc) is 2.84. The standard InChI is InChI=1S/C11H10ClFN2O4.C2H6/c1-11(5-16)4-9(14-19-11)6-2-10(15(17)18)8(13)3-7(6)12;1-2/h2-3,16H,4-5H2,1H3;1-2H3. The number of halogens is 2. The van der Waals surface area contributed by atoms with Crippen LogP contribution in [0.3, 0.4) is 0 Å². The first-order valence-corrected chi connectivity index (χ1v) is 6.74. The van der Waals surface area contributed by atoms with Crippen molar-refractivity contribution < 1.29 is 19.3 Å². The van der Waals surface area contributed by atoms with Gasteiger partial charge in [-0.2, -0.15) is 4.39 Å². The van der Waals surface area contributed by atoms with E-state index in [1.807, 2.05) is 13.8 Å². The number of aliphatic hydroxyl groups excluding tert-OH is 1. The van der Waals surface area contributed by atoms with E-state index in [9.17, 15) is 14.5 Å². The summed E-state index contributed by atoms with van der Waals surface area (Å²) >= 11 is 5.86. The Bertz CT molecular complexity index is 580. The second-order valence-corrected chi connectivity index (χ2v) is 4.86. The number of nitro groups is 1. The number of hydrogen-bond acceptors (Lipinski definition) is 5. The summed E-state index contributed by atoms with van der Waals surface area (Å²) in [5, 5.41) is 23.6. The van der Waals surface area contributed by atoms with Gasteiger partial charge in [-0.05, 0) is 6.92 Å². The van der Waals surface area contributed by atoms with E-state index < -0.39 is 22.0 Å². The minimum absolute atomic E-state index is 0.00707. The number of benzene rings is 1. The van der Waals surface area contributed by atoms with Crippen molar-refractivity contribution in [3.8, 4) is 0 Å². The van der Waals surface area contributed by atoms with Crippen molar-refractivity contribution in [3.05, 3.63) is 38.7 Å². The molecule has 1 unspecified atom stereocenters. The first kappa shape index (κ1) is 17.3. The summed E-state index contributed by atoms with van der Waals surface area (Å²) in [5.41, 5.74) is -1.00. The van der Waals surface area contributed by atoms with Crippen LogP contribution in [0.5, 0.6) is 0 Å². The lowest BCUT2D eigenvalue weighted by atomic mass is 9.96. The van der Waals surface area contributed by atoms with Gasteiger partial charge in [-0.15, -0.1) is 0 Å². The topological polar surface area (TPSA) is 85.0 Å². The van der Waals surface area contributed by atoms with Crippen LogP contribution in [0.2, 0.25) is 5.02 Å². The Hall–Kier alpha value is -1.73. The molecule has 1 aliphatic rings. The summed E-state index contributed by atoms with van der Waals surface area (Å²) in [4.78, 5) is 14.9. The Labute approximate surface area is 126 Å². The molecule has 116 valence electrons. The van der Waals surface area contributed by atoms with E-state index in [4.69, 9.17) is 21.5 Å². The normalized spacial score (nSPS) is 20.2. The Kier molecular flexibility index (Phi) is 5.62. The van der Waals surface area contributed by atoms with Crippen molar-refractivity contribution in [2.75, 3.05) is 6.61 Å². The average molecular weight is 319 g/mol. The van der Waals surface area contributed by atoms with Crippen LogP contribution in [-0.2, 0) is 4.84 Å². The molecule has 1 heterocycles. The van der Waals surface area contributed by atoms with Crippen LogP contribution in [0.1, 0.15) is 32.8 Å². The quantitative estimate of drug-likeness (QED) is 0.684. The largest absolute Gasteiger partial charge is 0.392 e. The van der Waals surface area contributed by atoms with Gasteiger partial charge in [0.1, 0.15) is 0 Å². The van der Waals surface area contributed by atoms with Gasteiger partial charge in [0.15, 0.2) is 5.60 Å². The first-order valence-electron chi connectivity index (χ1n) is 6.36. The van der Waals surface area contributed by atoms with Crippen LogP contribution in [-0.4, -0.2) is 27.9 Å². The van der Waals surface area contributed by atoms with E-state index in [0.29, 0.717) is 5.71 Å². The van der Waals surface area contributed by atoms with Crippen molar-refractivity contribution in [3.63, 3.8) is 0 Å². The Morgan fingerprint density at radius 1 is 1.57 bits per heavy atom. The van der Waals surface area contributed by atoms with Crippen molar-refractivity contribution in [1.82, 2.24) is 0 Å². The lowest BCUT2D eigenvalue weighted by molar-refractivity contribution is -0.387.